The zero-order chi connectivity index (χ0) is 18.2. The third-order valence-electron chi connectivity index (χ3n) is 5.90. The van der Waals surface area contributed by atoms with Crippen LogP contribution in [0.2, 0.25) is 18.1 Å². The average Bonchev–Trinajstić information content (AvgIpc) is 3.07. The summed E-state index contributed by atoms with van der Waals surface area (Å²) in [5.41, 5.74) is 0.686. The number of hydrogen-bond acceptors (Lipinski definition) is 6. The van der Waals surface area contributed by atoms with Crippen molar-refractivity contribution in [1.82, 2.24) is 0 Å². The summed E-state index contributed by atoms with van der Waals surface area (Å²) in [7, 11) is -1.96. The van der Waals surface area contributed by atoms with Gasteiger partial charge in [-0.05, 0) is 37.4 Å². The van der Waals surface area contributed by atoms with Gasteiger partial charge in [-0.1, -0.05) is 25.9 Å². The van der Waals surface area contributed by atoms with E-state index in [9.17, 15) is 4.79 Å². The Kier molecular flexibility index (Phi) is 5.40. The highest BCUT2D eigenvalue weighted by Crippen LogP contribution is 2.42. The van der Waals surface area contributed by atoms with Crippen molar-refractivity contribution < 1.29 is 23.5 Å². The Morgan fingerprint density at radius 2 is 2.04 bits per heavy atom. The molecule has 3 aliphatic rings. The lowest BCUT2D eigenvalue weighted by Crippen LogP contribution is -2.46. The van der Waals surface area contributed by atoms with Crippen molar-refractivity contribution in [3.63, 3.8) is 0 Å². The molecule has 3 rings (SSSR count). The molecule has 6 nitrogen and oxygen atoms in total. The summed E-state index contributed by atoms with van der Waals surface area (Å²) < 4.78 is 17.8. The number of fused-ring (bicyclic) bond motifs is 1. The van der Waals surface area contributed by atoms with Gasteiger partial charge in [0, 0.05) is 13.0 Å². The second-order valence-electron chi connectivity index (χ2n) is 8.82. The first kappa shape index (κ1) is 19.0. The highest BCUT2D eigenvalue weighted by atomic mass is 28.4. The topological polar surface area (TPSA) is 66.4 Å². The Morgan fingerprint density at radius 1 is 1.28 bits per heavy atom. The molecule has 2 fully saturated rings. The Bertz CT molecular complexity index is 536. The Balaban J connectivity index is 1.59. The van der Waals surface area contributed by atoms with E-state index in [0.717, 1.165) is 25.9 Å². The first-order chi connectivity index (χ1) is 11.7. The van der Waals surface area contributed by atoms with Crippen LogP contribution in [0.3, 0.4) is 0 Å². The Morgan fingerprint density at radius 3 is 2.68 bits per heavy atom. The number of ether oxygens (including phenoxy) is 2. The van der Waals surface area contributed by atoms with Gasteiger partial charge in [0.1, 0.15) is 11.7 Å². The minimum absolute atomic E-state index is 0.0951. The van der Waals surface area contributed by atoms with Gasteiger partial charge in [-0.2, -0.15) is 0 Å². The van der Waals surface area contributed by atoms with E-state index in [1.165, 1.54) is 0 Å². The van der Waals surface area contributed by atoms with Crippen molar-refractivity contribution in [3.05, 3.63) is 0 Å². The molecule has 1 saturated heterocycles. The van der Waals surface area contributed by atoms with Gasteiger partial charge < -0.3 is 18.7 Å². The maximum atomic E-state index is 12.6. The molecule has 0 spiro atoms. The van der Waals surface area contributed by atoms with Crippen LogP contribution in [-0.4, -0.2) is 51.5 Å². The number of nitrogens with zero attached hydrogens (tertiary/aromatic N) is 1. The Labute approximate surface area is 151 Å². The standard InChI is InChI=1S/C18H31NO5Si/c1-18(2,3)25(4,5)24-14-10-13(20)16-12(19-23-17(14)16)11-22-15-8-6-7-9-21-15/h14-17H,6-11H2,1-5H3/t14-,15?,16-,17+/m0/s1. The fraction of sp³-hybridized carbons (Fsp3) is 0.889. The minimum Gasteiger partial charge on any atom is -0.410 e. The van der Waals surface area contributed by atoms with Crippen molar-refractivity contribution >= 4 is 19.8 Å². The summed E-state index contributed by atoms with van der Waals surface area (Å²) in [6, 6.07) is 0. The fourth-order valence-corrected chi connectivity index (χ4v) is 4.66. The Hall–Kier alpha value is -0.763. The molecule has 2 aliphatic heterocycles. The molecular formula is C18H31NO5Si. The summed E-state index contributed by atoms with van der Waals surface area (Å²) >= 11 is 0. The number of hydrogen-bond donors (Lipinski definition) is 0. The number of carbonyl (C=O) groups is 1. The smallest absolute Gasteiger partial charge is 0.192 e. The number of rotatable bonds is 5. The van der Waals surface area contributed by atoms with Crippen LogP contribution in [0.5, 0.6) is 0 Å². The van der Waals surface area contributed by atoms with Crippen LogP contribution in [0.4, 0.5) is 0 Å². The third-order valence-corrected chi connectivity index (χ3v) is 10.4. The van der Waals surface area contributed by atoms with Crippen molar-refractivity contribution in [3.8, 4) is 0 Å². The normalized spacial score (nSPS) is 33.2. The number of oxime groups is 1. The third kappa shape index (κ3) is 3.99. The first-order valence-corrected chi connectivity index (χ1v) is 12.3. The molecule has 25 heavy (non-hydrogen) atoms. The molecule has 0 aromatic carbocycles. The lowest BCUT2D eigenvalue weighted by Gasteiger charge is -2.39. The molecule has 0 aromatic rings. The van der Waals surface area contributed by atoms with E-state index in [4.69, 9.17) is 18.7 Å². The quantitative estimate of drug-likeness (QED) is 0.696. The van der Waals surface area contributed by atoms with Crippen molar-refractivity contribution in [1.29, 1.82) is 0 Å². The fourth-order valence-electron chi connectivity index (χ4n) is 3.33. The summed E-state index contributed by atoms with van der Waals surface area (Å²) in [5.74, 6) is -0.170. The molecule has 0 bridgehead atoms. The van der Waals surface area contributed by atoms with E-state index in [2.05, 4.69) is 39.0 Å². The first-order valence-electron chi connectivity index (χ1n) is 9.35. The number of Topliss-reactive ketones (excluding diaryl/α,β-unsaturated/α-hetero) is 1. The molecule has 1 aliphatic carbocycles. The van der Waals surface area contributed by atoms with E-state index < -0.39 is 8.32 Å². The van der Waals surface area contributed by atoms with Crippen molar-refractivity contribution in [2.75, 3.05) is 13.2 Å². The molecule has 0 N–H and O–H groups in total. The molecule has 4 atom stereocenters. The predicted molar refractivity (Wildman–Crippen MR) is 97.0 cm³/mol. The SMILES string of the molecule is CC(C)(C)[Si](C)(C)O[C@H]1CC(=O)[C@@H]2C(COC3CCCCO3)=NO[C@@H]21. The second-order valence-corrected chi connectivity index (χ2v) is 13.6. The molecule has 0 radical (unpaired) electrons. The van der Waals surface area contributed by atoms with E-state index in [1.54, 1.807) is 0 Å². The minimum atomic E-state index is -1.96. The van der Waals surface area contributed by atoms with Gasteiger partial charge in [0.25, 0.3) is 0 Å². The molecular weight excluding hydrogens is 338 g/mol. The van der Waals surface area contributed by atoms with Gasteiger partial charge >= 0.3 is 0 Å². The van der Waals surface area contributed by atoms with Crippen LogP contribution >= 0.6 is 0 Å². The van der Waals surface area contributed by atoms with Crippen LogP contribution in [0.1, 0.15) is 46.5 Å². The van der Waals surface area contributed by atoms with Gasteiger partial charge in [-0.15, -0.1) is 0 Å². The van der Waals surface area contributed by atoms with Gasteiger partial charge in [0.15, 0.2) is 20.7 Å². The van der Waals surface area contributed by atoms with Crippen molar-refractivity contribution in [2.24, 2.45) is 11.1 Å². The van der Waals surface area contributed by atoms with Crippen LogP contribution < -0.4 is 0 Å². The molecule has 2 heterocycles. The van der Waals surface area contributed by atoms with Gasteiger partial charge in [-0.25, -0.2) is 0 Å². The lowest BCUT2D eigenvalue weighted by atomic mass is 10.00. The molecule has 142 valence electrons. The molecule has 7 heteroatoms. The van der Waals surface area contributed by atoms with E-state index in [0.29, 0.717) is 18.7 Å². The summed E-state index contributed by atoms with van der Waals surface area (Å²) in [4.78, 5) is 18.2. The van der Waals surface area contributed by atoms with E-state index in [1.807, 2.05) is 0 Å². The number of carbonyl (C=O) groups excluding carboxylic acids is 1. The average molecular weight is 370 g/mol. The zero-order valence-corrected chi connectivity index (χ0v) is 17.0. The molecule has 0 aromatic heterocycles. The lowest BCUT2D eigenvalue weighted by molar-refractivity contribution is -0.153. The summed E-state index contributed by atoms with van der Waals surface area (Å²) in [6.07, 6.45) is 2.80. The van der Waals surface area contributed by atoms with Crippen LogP contribution in [0.15, 0.2) is 5.16 Å². The second kappa shape index (κ2) is 7.10. The monoisotopic (exact) mass is 369 g/mol. The largest absolute Gasteiger partial charge is 0.410 e. The zero-order valence-electron chi connectivity index (χ0n) is 16.0. The van der Waals surface area contributed by atoms with Crippen molar-refractivity contribution in [2.45, 2.75) is 83.1 Å². The summed E-state index contributed by atoms with van der Waals surface area (Å²) in [6.45, 7) is 12.0. The van der Waals surface area contributed by atoms with E-state index in [-0.39, 0.29) is 35.2 Å². The van der Waals surface area contributed by atoms with Gasteiger partial charge in [0.2, 0.25) is 0 Å². The maximum absolute atomic E-state index is 12.6. The highest BCUT2D eigenvalue weighted by molar-refractivity contribution is 6.74. The maximum Gasteiger partial charge on any atom is 0.192 e. The predicted octanol–water partition coefficient (Wildman–Crippen LogP) is 3.26. The van der Waals surface area contributed by atoms with E-state index >= 15 is 0 Å². The van der Waals surface area contributed by atoms with Crippen LogP contribution in [0.25, 0.3) is 0 Å². The van der Waals surface area contributed by atoms with Gasteiger partial charge in [-0.3, -0.25) is 4.79 Å². The molecule has 1 saturated carbocycles. The molecule has 0 amide bonds. The highest BCUT2D eigenvalue weighted by Gasteiger charge is 2.54. The summed E-state index contributed by atoms with van der Waals surface area (Å²) in [5, 5.41) is 4.24. The molecule has 1 unspecified atom stereocenters. The van der Waals surface area contributed by atoms with Gasteiger partial charge in [0.05, 0.1) is 18.4 Å². The van der Waals surface area contributed by atoms with Crippen LogP contribution in [0, 0.1) is 5.92 Å². The number of ketones is 1. The van der Waals surface area contributed by atoms with Crippen LogP contribution in [-0.2, 0) is 23.5 Å².